The normalized spacial score (nSPS) is 18.0. The van der Waals surface area contributed by atoms with Crippen LogP contribution in [-0.4, -0.2) is 0 Å². The summed E-state index contributed by atoms with van der Waals surface area (Å²) in [4.78, 5) is 1.08. The van der Waals surface area contributed by atoms with E-state index in [1.165, 1.54) is 10.8 Å². The van der Waals surface area contributed by atoms with E-state index in [1.807, 2.05) is 55.5 Å². The molecule has 0 aliphatic carbocycles. The number of halogens is 2. The number of aryl methyl sites for hydroxylation is 1. The molecule has 0 bridgehead atoms. The van der Waals surface area contributed by atoms with E-state index in [0.717, 1.165) is 32.5 Å². The molecule has 0 spiro atoms. The minimum Gasteiger partial charge on any atom is -0.440 e. The monoisotopic (exact) mass is 501 g/mol. The van der Waals surface area contributed by atoms with Gasteiger partial charge in [-0.3, -0.25) is 0 Å². The van der Waals surface area contributed by atoms with Crippen molar-refractivity contribution in [3.05, 3.63) is 100 Å². The van der Waals surface area contributed by atoms with Gasteiger partial charge in [0.2, 0.25) is 0 Å². The van der Waals surface area contributed by atoms with Crippen LogP contribution >= 0.6 is 40.2 Å². The minimum atomic E-state index is -2.54. The zero-order valence-corrected chi connectivity index (χ0v) is 20.6. The van der Waals surface area contributed by atoms with Crippen LogP contribution in [0.3, 0.4) is 0 Å². The predicted molar refractivity (Wildman–Crippen MR) is 139 cm³/mol. The van der Waals surface area contributed by atoms with Crippen molar-refractivity contribution in [2.24, 2.45) is 0 Å². The topological polar surface area (TPSA) is 12.5 Å². The summed E-state index contributed by atoms with van der Waals surface area (Å²) in [7, 11) is 0. The molecule has 1 aliphatic heterocycles. The standard InChI is InChI=1S/C24H18Cl2NOPS2/c1-16-14-19(26)9-13-24(16)31-29(30)27(20-10-7-18(25)8-11-20)15-22-21-5-3-2-4-17(21)6-12-23(22)28-29/h2-14H,15H2,1H3. The number of hydrogen-bond acceptors (Lipinski definition) is 3. The molecule has 156 valence electrons. The van der Waals surface area contributed by atoms with Crippen LogP contribution in [0.2, 0.25) is 10.0 Å². The van der Waals surface area contributed by atoms with E-state index in [4.69, 9.17) is 39.5 Å². The largest absolute Gasteiger partial charge is 0.440 e. The zero-order valence-electron chi connectivity index (χ0n) is 16.6. The summed E-state index contributed by atoms with van der Waals surface area (Å²) in [5.74, 6) is 0.867. The lowest BCUT2D eigenvalue weighted by atomic mass is 10.0. The van der Waals surface area contributed by atoms with Gasteiger partial charge in [0.1, 0.15) is 5.75 Å². The van der Waals surface area contributed by atoms with Gasteiger partial charge in [0.25, 0.3) is 5.62 Å². The first-order valence-corrected chi connectivity index (χ1v) is 14.6. The maximum atomic E-state index is 6.66. The molecular formula is C24H18Cl2NOPS2. The lowest BCUT2D eigenvalue weighted by Crippen LogP contribution is -2.25. The highest BCUT2D eigenvalue weighted by Gasteiger charge is 2.37. The van der Waals surface area contributed by atoms with E-state index < -0.39 is 5.62 Å². The second-order valence-corrected chi connectivity index (χ2v) is 14.7. The van der Waals surface area contributed by atoms with E-state index in [0.29, 0.717) is 11.6 Å². The lowest BCUT2D eigenvalue weighted by Gasteiger charge is -2.40. The van der Waals surface area contributed by atoms with Gasteiger partial charge in [-0.25, -0.2) is 0 Å². The van der Waals surface area contributed by atoms with Crippen LogP contribution < -0.4 is 9.19 Å². The van der Waals surface area contributed by atoms with E-state index >= 15 is 0 Å². The molecule has 0 N–H and O–H groups in total. The van der Waals surface area contributed by atoms with Crippen molar-refractivity contribution in [2.75, 3.05) is 4.67 Å². The average molecular weight is 502 g/mol. The van der Waals surface area contributed by atoms with Crippen molar-refractivity contribution in [1.29, 1.82) is 0 Å². The van der Waals surface area contributed by atoms with E-state index in [-0.39, 0.29) is 0 Å². The fourth-order valence-electron chi connectivity index (χ4n) is 3.73. The number of anilines is 1. The number of fused-ring (bicyclic) bond motifs is 3. The van der Waals surface area contributed by atoms with Gasteiger partial charge in [0.05, 0.1) is 6.54 Å². The second-order valence-electron chi connectivity index (χ2n) is 7.36. The summed E-state index contributed by atoms with van der Waals surface area (Å²) >= 11 is 20.2. The molecule has 7 heteroatoms. The molecule has 0 fully saturated rings. The molecule has 0 radical (unpaired) electrons. The molecular weight excluding hydrogens is 484 g/mol. The van der Waals surface area contributed by atoms with Gasteiger partial charge in [0.15, 0.2) is 0 Å². The van der Waals surface area contributed by atoms with Crippen LogP contribution in [0.25, 0.3) is 10.8 Å². The predicted octanol–water partition coefficient (Wildman–Crippen LogP) is 8.87. The van der Waals surface area contributed by atoms with Gasteiger partial charge in [-0.15, -0.1) is 0 Å². The molecule has 4 aromatic carbocycles. The van der Waals surface area contributed by atoms with Crippen LogP contribution in [0.4, 0.5) is 5.69 Å². The number of rotatable bonds is 3. The molecule has 0 aromatic heterocycles. The van der Waals surface area contributed by atoms with Crippen molar-refractivity contribution in [3.63, 3.8) is 0 Å². The number of nitrogens with zero attached hydrogens (tertiary/aromatic N) is 1. The van der Waals surface area contributed by atoms with Gasteiger partial charge in [-0.1, -0.05) is 53.5 Å². The van der Waals surface area contributed by atoms with Crippen molar-refractivity contribution < 1.29 is 4.52 Å². The highest BCUT2D eigenvalue weighted by atomic mass is 35.5. The van der Waals surface area contributed by atoms with Gasteiger partial charge in [-0.05, 0) is 95.0 Å². The molecule has 1 heterocycles. The van der Waals surface area contributed by atoms with Gasteiger partial charge in [-0.2, -0.15) is 0 Å². The van der Waals surface area contributed by atoms with Gasteiger partial charge >= 0.3 is 0 Å². The fraction of sp³-hybridized carbons (Fsp3) is 0.0833. The Hall–Kier alpha value is -1.68. The summed E-state index contributed by atoms with van der Waals surface area (Å²) in [5.41, 5.74) is 0.710. The summed E-state index contributed by atoms with van der Waals surface area (Å²) in [6, 6.07) is 26.2. The quantitative estimate of drug-likeness (QED) is 0.259. The molecule has 1 atom stereocenters. The molecule has 1 aliphatic rings. The van der Waals surface area contributed by atoms with Crippen LogP contribution in [0.5, 0.6) is 5.75 Å². The van der Waals surface area contributed by atoms with E-state index in [1.54, 1.807) is 11.4 Å². The molecule has 5 rings (SSSR count). The van der Waals surface area contributed by atoms with Gasteiger partial charge < -0.3 is 9.19 Å². The fourth-order valence-corrected chi connectivity index (χ4v) is 9.93. The Balaban J connectivity index is 1.65. The number of benzene rings is 4. The third-order valence-electron chi connectivity index (χ3n) is 5.29. The molecule has 0 amide bonds. The maximum Gasteiger partial charge on any atom is 0.267 e. The van der Waals surface area contributed by atoms with Crippen molar-refractivity contribution in [2.45, 2.75) is 18.4 Å². The van der Waals surface area contributed by atoms with Gasteiger partial charge in [0, 0.05) is 26.2 Å². The first-order chi connectivity index (χ1) is 14.9. The van der Waals surface area contributed by atoms with Crippen LogP contribution in [0.15, 0.2) is 83.8 Å². The van der Waals surface area contributed by atoms with E-state index in [2.05, 4.69) is 35.0 Å². The van der Waals surface area contributed by atoms with Crippen LogP contribution in [0.1, 0.15) is 11.1 Å². The second kappa shape index (κ2) is 8.35. The van der Waals surface area contributed by atoms with Crippen LogP contribution in [0, 0.1) is 6.92 Å². The Morgan fingerprint density at radius 1 is 0.935 bits per heavy atom. The third-order valence-corrected chi connectivity index (χ3v) is 11.6. The first kappa shape index (κ1) is 21.2. The summed E-state index contributed by atoms with van der Waals surface area (Å²) in [5, 5.41) is 3.79. The molecule has 31 heavy (non-hydrogen) atoms. The Bertz CT molecular complexity index is 1340. The molecule has 2 nitrogen and oxygen atoms in total. The van der Waals surface area contributed by atoms with E-state index in [9.17, 15) is 0 Å². The Kier molecular flexibility index (Phi) is 5.70. The molecule has 1 unspecified atom stereocenters. The van der Waals surface area contributed by atoms with Crippen molar-refractivity contribution in [1.82, 2.24) is 0 Å². The lowest BCUT2D eigenvalue weighted by molar-refractivity contribution is 0.593. The highest BCUT2D eigenvalue weighted by molar-refractivity contribution is 8.70. The minimum absolute atomic E-state index is 0.676. The summed E-state index contributed by atoms with van der Waals surface area (Å²) < 4.78 is 8.89. The Morgan fingerprint density at radius 2 is 1.68 bits per heavy atom. The maximum absolute atomic E-state index is 6.66. The van der Waals surface area contributed by atoms with Crippen molar-refractivity contribution >= 4 is 68.5 Å². The smallest absolute Gasteiger partial charge is 0.267 e. The summed E-state index contributed by atoms with van der Waals surface area (Å²) in [6.07, 6.45) is 0. The summed E-state index contributed by atoms with van der Waals surface area (Å²) in [6.45, 7) is 2.73. The average Bonchev–Trinajstić information content (AvgIpc) is 2.76. The zero-order chi connectivity index (χ0) is 21.6. The number of hydrogen-bond donors (Lipinski definition) is 0. The first-order valence-electron chi connectivity index (χ1n) is 9.72. The Labute approximate surface area is 201 Å². The SMILES string of the molecule is Cc1cc(Cl)ccc1SP1(=S)Oc2ccc3ccccc3c2CN1c1ccc(Cl)cc1. The molecule has 0 saturated heterocycles. The van der Waals surface area contributed by atoms with Crippen LogP contribution in [-0.2, 0) is 18.4 Å². The van der Waals surface area contributed by atoms with Crippen molar-refractivity contribution in [3.8, 4) is 5.75 Å². The third kappa shape index (κ3) is 4.08. The Morgan fingerprint density at radius 3 is 2.45 bits per heavy atom. The molecule has 0 saturated carbocycles. The highest BCUT2D eigenvalue weighted by Crippen LogP contribution is 2.69. The molecule has 4 aromatic rings.